The van der Waals surface area contributed by atoms with Gasteiger partial charge in [0.25, 0.3) is 5.78 Å². The van der Waals surface area contributed by atoms with Crippen LogP contribution in [0, 0.1) is 6.92 Å². The van der Waals surface area contributed by atoms with Crippen LogP contribution >= 0.6 is 11.3 Å². The molecule has 1 aliphatic heterocycles. The summed E-state index contributed by atoms with van der Waals surface area (Å²) in [5, 5.41) is 20.1. The van der Waals surface area contributed by atoms with Crippen LogP contribution in [0.15, 0.2) is 66.8 Å². The number of aliphatic hydroxyl groups excluding tert-OH is 1. The Bertz CT molecular complexity index is 1230. The molecule has 0 spiro atoms. The molecule has 168 valence electrons. The van der Waals surface area contributed by atoms with Gasteiger partial charge in [-0.05, 0) is 48.9 Å². The minimum absolute atomic E-state index is 0.0298. The third kappa shape index (κ3) is 4.22. The highest BCUT2D eigenvalue weighted by Gasteiger charge is 2.48. The number of amides is 1. The Kier molecular flexibility index (Phi) is 6.23. The Labute approximate surface area is 194 Å². The zero-order valence-electron chi connectivity index (χ0n) is 18.0. The fraction of sp³-hybridized carbons (Fsp3) is 0.167. The summed E-state index contributed by atoms with van der Waals surface area (Å²) in [4.78, 5) is 27.5. The van der Waals surface area contributed by atoms with Crippen molar-refractivity contribution in [2.45, 2.75) is 13.0 Å². The third-order valence-electron chi connectivity index (χ3n) is 5.09. The summed E-state index contributed by atoms with van der Waals surface area (Å²) >= 11 is 1.19. The fourth-order valence-corrected chi connectivity index (χ4v) is 4.25. The van der Waals surface area contributed by atoms with E-state index < -0.39 is 17.7 Å². The maximum atomic E-state index is 13.1. The number of hydrogen-bond acceptors (Lipinski definition) is 8. The number of ketones is 1. The van der Waals surface area contributed by atoms with Crippen LogP contribution in [0.3, 0.4) is 0 Å². The summed E-state index contributed by atoms with van der Waals surface area (Å²) in [6.07, 6.45) is 1.63. The molecular weight excluding hydrogens is 442 g/mol. The van der Waals surface area contributed by atoms with Crippen LogP contribution in [0.25, 0.3) is 5.76 Å². The predicted octanol–water partition coefficient (Wildman–Crippen LogP) is 4.05. The van der Waals surface area contributed by atoms with Gasteiger partial charge in [0.15, 0.2) is 0 Å². The molecule has 1 fully saturated rings. The zero-order chi connectivity index (χ0) is 23.5. The first-order chi connectivity index (χ1) is 15.9. The molecule has 2 heterocycles. The predicted molar refractivity (Wildman–Crippen MR) is 125 cm³/mol. The van der Waals surface area contributed by atoms with Crippen molar-refractivity contribution in [2.24, 2.45) is 0 Å². The second-order valence-electron chi connectivity index (χ2n) is 7.17. The molecule has 2 aromatic carbocycles. The molecule has 3 aromatic rings. The number of aromatic nitrogens is 2. The van der Waals surface area contributed by atoms with Gasteiger partial charge in [-0.3, -0.25) is 14.5 Å². The molecule has 0 bridgehead atoms. The first-order valence-corrected chi connectivity index (χ1v) is 10.9. The molecule has 9 heteroatoms. The number of aryl methyl sites for hydroxylation is 1. The van der Waals surface area contributed by atoms with E-state index in [0.717, 1.165) is 0 Å². The zero-order valence-corrected chi connectivity index (χ0v) is 18.8. The molecule has 4 rings (SSSR count). The summed E-state index contributed by atoms with van der Waals surface area (Å²) < 4.78 is 10.7. The molecular formula is C24H21N3O5S. The van der Waals surface area contributed by atoms with Gasteiger partial charge in [0.1, 0.15) is 28.9 Å². The van der Waals surface area contributed by atoms with E-state index in [1.165, 1.54) is 23.3 Å². The van der Waals surface area contributed by atoms with Gasteiger partial charge in [0.05, 0.1) is 18.7 Å². The lowest BCUT2D eigenvalue weighted by Crippen LogP contribution is -2.29. The lowest BCUT2D eigenvalue weighted by molar-refractivity contribution is -0.132. The summed E-state index contributed by atoms with van der Waals surface area (Å²) in [5.74, 6) is -0.649. The van der Waals surface area contributed by atoms with E-state index in [4.69, 9.17) is 9.47 Å². The van der Waals surface area contributed by atoms with Gasteiger partial charge in [-0.25, -0.2) is 0 Å². The molecule has 1 unspecified atom stereocenters. The number of benzene rings is 2. The topological polar surface area (TPSA) is 102 Å². The number of hydrogen-bond donors (Lipinski definition) is 1. The van der Waals surface area contributed by atoms with Crippen LogP contribution in [0.5, 0.6) is 11.5 Å². The van der Waals surface area contributed by atoms with Crippen molar-refractivity contribution >= 4 is 33.9 Å². The van der Waals surface area contributed by atoms with E-state index in [1.807, 2.05) is 0 Å². The first-order valence-electron chi connectivity index (χ1n) is 10.0. The lowest BCUT2D eigenvalue weighted by Gasteiger charge is -2.22. The number of nitrogens with zero attached hydrogens (tertiary/aromatic N) is 3. The van der Waals surface area contributed by atoms with Crippen molar-refractivity contribution in [1.82, 2.24) is 10.2 Å². The standard InChI is InChI=1S/C24H21N3O5S/c1-4-13-32-18-11-5-15(6-12-18)20-19(21(28)16-7-9-17(31-3)10-8-16)22(29)23(30)27(20)24-26-25-14(2)33-24/h4-12,20,28H,1,13H2,2-3H3/b21-19-. The molecule has 33 heavy (non-hydrogen) atoms. The van der Waals surface area contributed by atoms with E-state index in [9.17, 15) is 14.7 Å². The number of carbonyl (C=O) groups excluding carboxylic acids is 2. The van der Waals surface area contributed by atoms with E-state index in [2.05, 4.69) is 16.8 Å². The Balaban J connectivity index is 1.85. The Hall–Kier alpha value is -3.98. The van der Waals surface area contributed by atoms with Gasteiger partial charge in [-0.1, -0.05) is 36.1 Å². The number of anilines is 1. The highest BCUT2D eigenvalue weighted by Crippen LogP contribution is 2.43. The van der Waals surface area contributed by atoms with Crippen LogP contribution in [-0.4, -0.2) is 40.7 Å². The van der Waals surface area contributed by atoms with Gasteiger partial charge in [0, 0.05) is 5.56 Å². The normalized spacial score (nSPS) is 17.3. The van der Waals surface area contributed by atoms with Gasteiger partial charge in [-0.15, -0.1) is 10.2 Å². The average Bonchev–Trinajstić information content (AvgIpc) is 3.38. The highest BCUT2D eigenvalue weighted by atomic mass is 32.1. The molecule has 8 nitrogen and oxygen atoms in total. The summed E-state index contributed by atoms with van der Waals surface area (Å²) in [7, 11) is 1.53. The third-order valence-corrected chi connectivity index (χ3v) is 5.93. The van der Waals surface area contributed by atoms with Crippen LogP contribution in [0.1, 0.15) is 22.2 Å². The fourth-order valence-electron chi connectivity index (χ4n) is 3.53. The van der Waals surface area contributed by atoms with Crippen molar-refractivity contribution in [3.63, 3.8) is 0 Å². The molecule has 1 saturated heterocycles. The van der Waals surface area contributed by atoms with Crippen LogP contribution in [0.4, 0.5) is 5.13 Å². The summed E-state index contributed by atoms with van der Waals surface area (Å²) in [6, 6.07) is 12.7. The molecule has 1 atom stereocenters. The Morgan fingerprint density at radius 3 is 2.36 bits per heavy atom. The number of rotatable bonds is 7. The maximum Gasteiger partial charge on any atom is 0.301 e. The lowest BCUT2D eigenvalue weighted by atomic mass is 9.95. The second kappa shape index (κ2) is 9.25. The molecule has 0 saturated carbocycles. The van der Waals surface area contributed by atoms with Crippen LogP contribution in [0.2, 0.25) is 0 Å². The van der Waals surface area contributed by atoms with Crippen molar-refractivity contribution in [3.8, 4) is 11.5 Å². The van der Waals surface area contributed by atoms with Gasteiger partial charge in [0.2, 0.25) is 5.13 Å². The SMILES string of the molecule is C=CCOc1ccc(C2/C(=C(/O)c3ccc(OC)cc3)C(=O)C(=O)N2c2nnc(C)s2)cc1. The summed E-state index contributed by atoms with van der Waals surface area (Å²) in [6.45, 7) is 5.73. The molecule has 0 radical (unpaired) electrons. The van der Waals surface area contributed by atoms with Crippen molar-refractivity contribution in [3.05, 3.63) is 82.9 Å². The number of aliphatic hydroxyl groups is 1. The smallest absolute Gasteiger partial charge is 0.301 e. The monoisotopic (exact) mass is 463 g/mol. The van der Waals surface area contributed by atoms with Crippen molar-refractivity contribution < 1.29 is 24.2 Å². The maximum absolute atomic E-state index is 13.1. The average molecular weight is 464 g/mol. The van der Waals surface area contributed by atoms with E-state index in [-0.39, 0.29) is 16.5 Å². The van der Waals surface area contributed by atoms with Crippen molar-refractivity contribution in [2.75, 3.05) is 18.6 Å². The quantitative estimate of drug-likeness (QED) is 0.244. The highest BCUT2D eigenvalue weighted by molar-refractivity contribution is 7.15. The molecule has 1 aromatic heterocycles. The van der Waals surface area contributed by atoms with Gasteiger partial charge < -0.3 is 14.6 Å². The number of carbonyl (C=O) groups is 2. The van der Waals surface area contributed by atoms with Gasteiger partial charge >= 0.3 is 5.91 Å². The van der Waals surface area contributed by atoms with Crippen molar-refractivity contribution in [1.29, 1.82) is 0 Å². The molecule has 1 aliphatic rings. The minimum atomic E-state index is -0.882. The molecule has 0 aliphatic carbocycles. The molecule has 1 N–H and O–H groups in total. The first kappa shape index (κ1) is 22.2. The van der Waals surface area contributed by atoms with Crippen LogP contribution < -0.4 is 14.4 Å². The number of ether oxygens (including phenoxy) is 2. The van der Waals surface area contributed by atoms with Gasteiger partial charge in [-0.2, -0.15) is 0 Å². The number of Topliss-reactive ketones (excluding diaryl/α,β-unsaturated/α-hetero) is 1. The molecule has 1 amide bonds. The van der Waals surface area contributed by atoms with E-state index in [1.54, 1.807) is 61.5 Å². The van der Waals surface area contributed by atoms with Crippen LogP contribution in [-0.2, 0) is 9.59 Å². The minimum Gasteiger partial charge on any atom is -0.507 e. The second-order valence-corrected chi connectivity index (χ2v) is 8.33. The van der Waals surface area contributed by atoms with E-state index in [0.29, 0.717) is 34.2 Å². The van der Waals surface area contributed by atoms with E-state index >= 15 is 0 Å². The Morgan fingerprint density at radius 1 is 1.12 bits per heavy atom. The summed E-state index contributed by atoms with van der Waals surface area (Å²) in [5.41, 5.74) is 0.971. The number of methoxy groups -OCH3 is 1. The largest absolute Gasteiger partial charge is 0.507 e. The Morgan fingerprint density at radius 2 is 1.79 bits per heavy atom.